The van der Waals surface area contributed by atoms with Gasteiger partial charge in [-0.25, -0.2) is 0 Å². The average molecular weight is 224 g/mol. The summed E-state index contributed by atoms with van der Waals surface area (Å²) in [6.45, 7) is 4.10. The molecule has 92 valence electrons. The zero-order valence-electron chi connectivity index (χ0n) is 10.8. The van der Waals surface area contributed by atoms with E-state index in [1.165, 1.54) is 19.3 Å². The van der Waals surface area contributed by atoms with Gasteiger partial charge in [0.2, 0.25) is 5.91 Å². The van der Waals surface area contributed by atoms with Gasteiger partial charge < -0.3 is 4.90 Å². The first kappa shape index (κ1) is 15.0. The van der Waals surface area contributed by atoms with Crippen molar-refractivity contribution in [3.63, 3.8) is 0 Å². The third-order valence-corrected chi connectivity index (χ3v) is 2.94. The lowest BCUT2D eigenvalue weighted by molar-refractivity contribution is -0.131. The molecule has 0 aliphatic heterocycles. The molecule has 0 bridgehead atoms. The summed E-state index contributed by atoms with van der Waals surface area (Å²) in [7, 11) is 1.79. The molecule has 3 heteroatoms. The Morgan fingerprint density at radius 1 is 1.31 bits per heavy atom. The van der Waals surface area contributed by atoms with Gasteiger partial charge in [-0.2, -0.15) is 5.26 Å². The molecule has 0 saturated heterocycles. The fourth-order valence-electron chi connectivity index (χ4n) is 1.57. The van der Waals surface area contributed by atoms with Gasteiger partial charge in [0.05, 0.1) is 12.5 Å². The van der Waals surface area contributed by atoms with E-state index >= 15 is 0 Å². The molecule has 3 nitrogen and oxygen atoms in total. The lowest BCUT2D eigenvalue weighted by Gasteiger charge is -2.22. The number of unbranched alkanes of at least 4 members (excludes halogenated alkanes) is 4. The maximum absolute atomic E-state index is 11.7. The monoisotopic (exact) mass is 224 g/mol. The van der Waals surface area contributed by atoms with Crippen LogP contribution in [-0.2, 0) is 4.79 Å². The van der Waals surface area contributed by atoms with Gasteiger partial charge in [-0.1, -0.05) is 32.6 Å². The van der Waals surface area contributed by atoms with Gasteiger partial charge in [0, 0.05) is 19.5 Å². The van der Waals surface area contributed by atoms with Crippen LogP contribution in [0.15, 0.2) is 0 Å². The van der Waals surface area contributed by atoms with Crippen LogP contribution in [0.5, 0.6) is 0 Å². The zero-order chi connectivity index (χ0) is 12.4. The van der Waals surface area contributed by atoms with Gasteiger partial charge in [0.1, 0.15) is 0 Å². The molecule has 1 amide bonds. The van der Waals surface area contributed by atoms with Crippen molar-refractivity contribution in [2.75, 3.05) is 7.05 Å². The van der Waals surface area contributed by atoms with E-state index in [0.29, 0.717) is 12.8 Å². The van der Waals surface area contributed by atoms with Crippen molar-refractivity contribution in [2.24, 2.45) is 0 Å². The lowest BCUT2D eigenvalue weighted by Crippen LogP contribution is -2.34. The van der Waals surface area contributed by atoms with Gasteiger partial charge in [0.25, 0.3) is 0 Å². The Hall–Kier alpha value is -1.04. The Morgan fingerprint density at radius 3 is 2.50 bits per heavy atom. The van der Waals surface area contributed by atoms with Crippen LogP contribution in [0.2, 0.25) is 0 Å². The minimum absolute atomic E-state index is 0.0353. The minimum atomic E-state index is 0.0353. The number of hydrogen-bond donors (Lipinski definition) is 0. The van der Waals surface area contributed by atoms with E-state index in [1.54, 1.807) is 11.9 Å². The van der Waals surface area contributed by atoms with E-state index in [-0.39, 0.29) is 11.9 Å². The fraction of sp³-hybridized carbons (Fsp3) is 0.846. The Labute approximate surface area is 99.4 Å². The summed E-state index contributed by atoms with van der Waals surface area (Å²) in [5.41, 5.74) is 0. The average Bonchev–Trinajstić information content (AvgIpc) is 2.27. The maximum Gasteiger partial charge on any atom is 0.222 e. The molecule has 0 aromatic rings. The molecule has 0 fully saturated rings. The summed E-state index contributed by atoms with van der Waals surface area (Å²) < 4.78 is 0. The van der Waals surface area contributed by atoms with Crippen LogP contribution < -0.4 is 0 Å². The molecule has 0 N–H and O–H groups in total. The van der Waals surface area contributed by atoms with Gasteiger partial charge in [0.15, 0.2) is 0 Å². The van der Waals surface area contributed by atoms with Gasteiger partial charge in [-0.05, 0) is 13.3 Å². The first-order chi connectivity index (χ1) is 7.63. The van der Waals surface area contributed by atoms with Crippen LogP contribution in [0.1, 0.15) is 58.8 Å². The number of nitrogens with zero attached hydrogens (tertiary/aromatic N) is 2. The molecule has 16 heavy (non-hydrogen) atoms. The normalized spacial score (nSPS) is 11.9. The molecule has 0 aromatic carbocycles. The topological polar surface area (TPSA) is 44.1 Å². The summed E-state index contributed by atoms with van der Waals surface area (Å²) >= 11 is 0. The molecule has 0 rings (SSSR count). The molecule has 0 aliphatic carbocycles. The van der Waals surface area contributed by atoms with Crippen molar-refractivity contribution in [1.82, 2.24) is 4.90 Å². The Kier molecular flexibility index (Phi) is 8.61. The van der Waals surface area contributed by atoms with Gasteiger partial charge >= 0.3 is 0 Å². The number of carbonyl (C=O) groups excluding carboxylic acids is 1. The van der Waals surface area contributed by atoms with Crippen LogP contribution in [0.3, 0.4) is 0 Å². The summed E-state index contributed by atoms with van der Waals surface area (Å²) in [6.07, 6.45) is 6.86. The van der Waals surface area contributed by atoms with Crippen LogP contribution in [0.25, 0.3) is 0 Å². The van der Waals surface area contributed by atoms with Crippen LogP contribution in [0.4, 0.5) is 0 Å². The second-order valence-electron chi connectivity index (χ2n) is 4.38. The first-order valence-corrected chi connectivity index (χ1v) is 6.26. The molecule has 0 radical (unpaired) electrons. The fourth-order valence-corrected chi connectivity index (χ4v) is 1.57. The Balaban J connectivity index is 3.67. The number of nitriles is 1. The van der Waals surface area contributed by atoms with E-state index in [1.807, 2.05) is 6.92 Å². The van der Waals surface area contributed by atoms with Crippen molar-refractivity contribution in [3.05, 3.63) is 0 Å². The highest BCUT2D eigenvalue weighted by Gasteiger charge is 2.14. The second kappa shape index (κ2) is 9.21. The van der Waals surface area contributed by atoms with Crippen LogP contribution >= 0.6 is 0 Å². The molecule has 0 spiro atoms. The summed E-state index contributed by atoms with van der Waals surface area (Å²) in [5, 5.41) is 8.55. The molecule has 0 saturated carbocycles. The number of amides is 1. The van der Waals surface area contributed by atoms with E-state index in [9.17, 15) is 4.79 Å². The molecular weight excluding hydrogens is 200 g/mol. The van der Waals surface area contributed by atoms with Gasteiger partial charge in [-0.15, -0.1) is 0 Å². The van der Waals surface area contributed by atoms with E-state index in [2.05, 4.69) is 13.0 Å². The van der Waals surface area contributed by atoms with Gasteiger partial charge in [-0.3, -0.25) is 4.79 Å². The predicted molar refractivity (Wildman–Crippen MR) is 65.8 cm³/mol. The number of carbonyl (C=O) groups is 1. The SMILES string of the molecule is CCCCCCCC(=O)N(C)C(C)CC#N. The molecular formula is C13H24N2O. The van der Waals surface area contributed by atoms with Crippen LogP contribution in [-0.4, -0.2) is 23.9 Å². The molecule has 0 heterocycles. The quantitative estimate of drug-likeness (QED) is 0.595. The predicted octanol–water partition coefficient (Wildman–Crippen LogP) is 3.11. The summed E-state index contributed by atoms with van der Waals surface area (Å²) in [5.74, 6) is 0.166. The highest BCUT2D eigenvalue weighted by molar-refractivity contribution is 5.76. The van der Waals surface area contributed by atoms with Crippen molar-refractivity contribution in [1.29, 1.82) is 5.26 Å². The summed E-state index contributed by atoms with van der Waals surface area (Å²) in [4.78, 5) is 13.4. The van der Waals surface area contributed by atoms with E-state index < -0.39 is 0 Å². The zero-order valence-corrected chi connectivity index (χ0v) is 10.8. The van der Waals surface area contributed by atoms with Crippen molar-refractivity contribution >= 4 is 5.91 Å². The Bertz CT molecular complexity index is 233. The second-order valence-corrected chi connectivity index (χ2v) is 4.38. The number of hydrogen-bond acceptors (Lipinski definition) is 2. The van der Waals surface area contributed by atoms with Crippen molar-refractivity contribution in [2.45, 2.75) is 64.8 Å². The summed E-state index contributed by atoms with van der Waals surface area (Å²) in [6, 6.07) is 2.13. The lowest BCUT2D eigenvalue weighted by atomic mass is 10.1. The van der Waals surface area contributed by atoms with Crippen LogP contribution in [0, 0.1) is 11.3 Å². The van der Waals surface area contributed by atoms with Crippen molar-refractivity contribution < 1.29 is 4.79 Å². The van der Waals surface area contributed by atoms with E-state index in [0.717, 1.165) is 12.8 Å². The number of rotatable bonds is 8. The van der Waals surface area contributed by atoms with E-state index in [4.69, 9.17) is 5.26 Å². The molecule has 0 aliphatic rings. The standard InChI is InChI=1S/C13H24N2O/c1-4-5-6-7-8-9-13(16)15(3)12(2)10-11-14/h12H,4-10H2,1-3H3. The first-order valence-electron chi connectivity index (χ1n) is 6.26. The largest absolute Gasteiger partial charge is 0.342 e. The smallest absolute Gasteiger partial charge is 0.222 e. The molecule has 1 atom stereocenters. The minimum Gasteiger partial charge on any atom is -0.342 e. The molecule has 0 aromatic heterocycles. The third kappa shape index (κ3) is 6.44. The maximum atomic E-state index is 11.7. The third-order valence-electron chi connectivity index (χ3n) is 2.94. The Morgan fingerprint density at radius 2 is 1.94 bits per heavy atom. The van der Waals surface area contributed by atoms with Crippen molar-refractivity contribution in [3.8, 4) is 6.07 Å². The highest BCUT2D eigenvalue weighted by Crippen LogP contribution is 2.08. The highest BCUT2D eigenvalue weighted by atomic mass is 16.2. The molecule has 1 unspecified atom stereocenters.